The van der Waals surface area contributed by atoms with Gasteiger partial charge in [0.25, 0.3) is 0 Å². The van der Waals surface area contributed by atoms with Gasteiger partial charge in [0.1, 0.15) is 95.0 Å². The van der Waals surface area contributed by atoms with Crippen molar-refractivity contribution in [2.45, 2.75) is 99.0 Å². The number of hydrogen-bond donors (Lipinski definition) is 11. The van der Waals surface area contributed by atoms with Crippen LogP contribution in [-0.2, 0) is 23.7 Å². The monoisotopic (exact) mass is 740 g/mol. The van der Waals surface area contributed by atoms with E-state index >= 15 is 0 Å². The summed E-state index contributed by atoms with van der Waals surface area (Å²) in [5, 5.41) is 114. The number of phenolic OH excluding ortho intramolecular Hbond substituents is 2. The second-order valence-corrected chi connectivity index (χ2v) is 12.8. The molecule has 3 aromatic rings. The zero-order valence-electron chi connectivity index (χ0n) is 27.3. The first-order chi connectivity index (χ1) is 24.7. The van der Waals surface area contributed by atoms with E-state index in [0.29, 0.717) is 5.56 Å². The molecule has 1 aromatic heterocycles. The van der Waals surface area contributed by atoms with E-state index in [9.17, 15) is 61.0 Å². The van der Waals surface area contributed by atoms with E-state index in [1.165, 1.54) is 37.3 Å². The molecule has 6 rings (SSSR count). The van der Waals surface area contributed by atoms with Crippen LogP contribution >= 0.6 is 0 Å². The number of ether oxygens (including phenoxy) is 6. The Morgan fingerprint density at radius 2 is 1.33 bits per heavy atom. The highest BCUT2D eigenvalue weighted by Crippen LogP contribution is 2.35. The van der Waals surface area contributed by atoms with Gasteiger partial charge >= 0.3 is 0 Å². The van der Waals surface area contributed by atoms with Gasteiger partial charge in [-0.1, -0.05) is 0 Å². The van der Waals surface area contributed by atoms with E-state index < -0.39 is 117 Å². The Balaban J connectivity index is 1.30. The van der Waals surface area contributed by atoms with Gasteiger partial charge in [0, 0.05) is 23.8 Å². The number of rotatable bonds is 9. The lowest BCUT2D eigenvalue weighted by atomic mass is 9.97. The second kappa shape index (κ2) is 15.5. The number of benzene rings is 2. The number of aromatic hydroxyl groups is 2. The average Bonchev–Trinajstić information content (AvgIpc) is 3.11. The van der Waals surface area contributed by atoms with E-state index in [2.05, 4.69) is 0 Å². The van der Waals surface area contributed by atoms with Crippen LogP contribution in [0.15, 0.2) is 51.7 Å². The lowest BCUT2D eigenvalue weighted by Gasteiger charge is -2.46. The highest BCUT2D eigenvalue weighted by atomic mass is 16.8. The summed E-state index contributed by atoms with van der Waals surface area (Å²) in [6.07, 6.45) is -24.8. The van der Waals surface area contributed by atoms with Gasteiger partial charge in [-0.2, -0.15) is 0 Å². The number of hydrogen-bond acceptors (Lipinski definition) is 19. The highest BCUT2D eigenvalue weighted by molar-refractivity contribution is 5.86. The fraction of sp³-hybridized carbons (Fsp3) is 0.545. The molecular weight excluding hydrogens is 700 g/mol. The molecule has 0 saturated carbocycles. The van der Waals surface area contributed by atoms with E-state index in [-0.39, 0.29) is 28.2 Å². The standard InChI is InChI=1S/C33H40O19/c1-11-22(38)25(41)29(45)32(47-11)52-30-27(43)24(40)20(10-46-31-28(44)26(42)23(39)19(9-34)50-31)51-33(30)48-14-6-15(36)21-16(37)8-17(49-18(21)7-14)12-2-4-13(35)5-3-12/h2-8,11,19-20,22-36,38-45H,9-10H2,1H3. The fourth-order valence-corrected chi connectivity index (χ4v) is 6.17. The van der Waals surface area contributed by atoms with Crippen molar-refractivity contribution in [3.63, 3.8) is 0 Å². The van der Waals surface area contributed by atoms with Gasteiger partial charge in [-0.05, 0) is 31.2 Å². The molecule has 19 nitrogen and oxygen atoms in total. The molecule has 3 fully saturated rings. The van der Waals surface area contributed by atoms with Crippen LogP contribution in [0.4, 0.5) is 0 Å². The van der Waals surface area contributed by atoms with Gasteiger partial charge in [0.2, 0.25) is 6.29 Å². The molecule has 2 aromatic carbocycles. The zero-order valence-corrected chi connectivity index (χ0v) is 27.3. The largest absolute Gasteiger partial charge is 0.508 e. The summed E-state index contributed by atoms with van der Waals surface area (Å²) in [5.41, 5.74) is -0.358. The molecule has 0 aliphatic carbocycles. The molecule has 286 valence electrons. The van der Waals surface area contributed by atoms with Gasteiger partial charge in [-0.25, -0.2) is 0 Å². The first-order valence-corrected chi connectivity index (χ1v) is 16.2. The van der Waals surface area contributed by atoms with Gasteiger partial charge in [0.05, 0.1) is 19.3 Å². The molecule has 0 bridgehead atoms. The Kier molecular flexibility index (Phi) is 11.4. The molecule has 15 atom stereocenters. The molecule has 3 aliphatic heterocycles. The summed E-state index contributed by atoms with van der Waals surface area (Å²) in [6, 6.07) is 9.13. The third-order valence-corrected chi connectivity index (χ3v) is 9.20. The van der Waals surface area contributed by atoms with Crippen LogP contribution in [0.3, 0.4) is 0 Å². The van der Waals surface area contributed by atoms with Crippen molar-refractivity contribution < 1.29 is 89.0 Å². The number of aliphatic hydroxyl groups excluding tert-OH is 9. The first kappa shape index (κ1) is 38.2. The zero-order chi connectivity index (χ0) is 37.6. The molecule has 3 saturated heterocycles. The van der Waals surface area contributed by atoms with Gasteiger partial charge in [-0.3, -0.25) is 4.79 Å². The van der Waals surface area contributed by atoms with Crippen LogP contribution in [0.25, 0.3) is 22.3 Å². The van der Waals surface area contributed by atoms with E-state index in [4.69, 9.17) is 32.8 Å². The summed E-state index contributed by atoms with van der Waals surface area (Å²) in [6.45, 7) is -0.0152. The lowest BCUT2D eigenvalue weighted by molar-refractivity contribution is -0.360. The van der Waals surface area contributed by atoms with Crippen molar-refractivity contribution in [2.24, 2.45) is 0 Å². The molecular formula is C33H40O19. The predicted octanol–water partition coefficient (Wildman–Crippen LogP) is -3.27. The summed E-state index contributed by atoms with van der Waals surface area (Å²) in [7, 11) is 0. The summed E-state index contributed by atoms with van der Waals surface area (Å²) >= 11 is 0. The molecule has 3 aliphatic rings. The molecule has 19 heteroatoms. The maximum Gasteiger partial charge on any atom is 0.229 e. The minimum atomic E-state index is -1.93. The van der Waals surface area contributed by atoms with Crippen molar-refractivity contribution in [3.05, 3.63) is 52.7 Å². The smallest absolute Gasteiger partial charge is 0.229 e. The Morgan fingerprint density at radius 1 is 0.692 bits per heavy atom. The maximum absolute atomic E-state index is 13.0. The summed E-state index contributed by atoms with van der Waals surface area (Å²) in [5.74, 6) is -0.751. The van der Waals surface area contributed by atoms with Crippen LogP contribution in [0.1, 0.15) is 6.92 Å². The second-order valence-electron chi connectivity index (χ2n) is 12.8. The highest BCUT2D eigenvalue weighted by Gasteiger charge is 2.52. The third-order valence-electron chi connectivity index (χ3n) is 9.20. The number of aliphatic hydroxyl groups is 9. The fourth-order valence-electron chi connectivity index (χ4n) is 6.17. The van der Waals surface area contributed by atoms with Crippen LogP contribution in [-0.4, -0.2) is 162 Å². The van der Waals surface area contributed by atoms with Crippen molar-refractivity contribution in [1.29, 1.82) is 0 Å². The minimum Gasteiger partial charge on any atom is -0.508 e. The quantitative estimate of drug-likeness (QED) is 0.102. The number of fused-ring (bicyclic) bond motifs is 1. The topological polar surface area (TPSA) is 308 Å². The first-order valence-electron chi connectivity index (χ1n) is 16.2. The number of phenols is 2. The molecule has 15 unspecified atom stereocenters. The van der Waals surface area contributed by atoms with Gasteiger partial charge < -0.3 is 89.0 Å². The van der Waals surface area contributed by atoms with Crippen molar-refractivity contribution >= 4 is 11.0 Å². The summed E-state index contributed by atoms with van der Waals surface area (Å²) in [4.78, 5) is 13.0. The lowest BCUT2D eigenvalue weighted by Crippen LogP contribution is -2.65. The van der Waals surface area contributed by atoms with Crippen LogP contribution in [0.2, 0.25) is 0 Å². The Bertz CT molecular complexity index is 1730. The van der Waals surface area contributed by atoms with Crippen molar-refractivity contribution in [1.82, 2.24) is 0 Å². The average molecular weight is 741 g/mol. The van der Waals surface area contributed by atoms with Crippen LogP contribution in [0, 0.1) is 0 Å². The molecule has 0 radical (unpaired) electrons. The molecule has 11 N–H and O–H groups in total. The van der Waals surface area contributed by atoms with Gasteiger partial charge in [-0.15, -0.1) is 0 Å². The minimum absolute atomic E-state index is 0.0278. The summed E-state index contributed by atoms with van der Waals surface area (Å²) < 4.78 is 39.9. The maximum atomic E-state index is 13.0. The molecule has 0 spiro atoms. The Hall–Kier alpha value is -3.51. The van der Waals surface area contributed by atoms with Crippen molar-refractivity contribution in [2.75, 3.05) is 13.2 Å². The van der Waals surface area contributed by atoms with E-state index in [0.717, 1.165) is 12.1 Å². The van der Waals surface area contributed by atoms with Gasteiger partial charge in [0.15, 0.2) is 24.1 Å². The van der Waals surface area contributed by atoms with E-state index in [1.807, 2.05) is 0 Å². The predicted molar refractivity (Wildman–Crippen MR) is 169 cm³/mol. The van der Waals surface area contributed by atoms with Crippen molar-refractivity contribution in [3.8, 4) is 28.6 Å². The molecule has 4 heterocycles. The molecule has 0 amide bonds. The normalized spacial score (nSPS) is 38.3. The Morgan fingerprint density at radius 3 is 2.02 bits per heavy atom. The Labute approximate surface area is 293 Å². The SMILES string of the molecule is CC1OC(OC2C(Oc3cc(O)c4c(=O)cc(-c5ccc(O)cc5)oc4c3)OC(COC3OC(CO)C(O)C(O)C3O)C(O)C2O)C(O)C(O)C1O. The molecule has 52 heavy (non-hydrogen) atoms. The van der Waals surface area contributed by atoms with Crippen LogP contribution < -0.4 is 10.2 Å². The third kappa shape index (κ3) is 7.47. The van der Waals surface area contributed by atoms with Crippen LogP contribution in [0.5, 0.6) is 17.2 Å². The van der Waals surface area contributed by atoms with E-state index in [1.54, 1.807) is 0 Å².